The summed E-state index contributed by atoms with van der Waals surface area (Å²) < 4.78 is 38.6. The third-order valence-corrected chi connectivity index (χ3v) is 6.34. The smallest absolute Gasteiger partial charge is 0.312 e. The number of methoxy groups -OCH3 is 1. The molecule has 0 aliphatic carbocycles. The Balaban J connectivity index is 1.68. The summed E-state index contributed by atoms with van der Waals surface area (Å²) in [6, 6.07) is 12.6. The molecule has 0 spiro atoms. The third kappa shape index (κ3) is 3.91. The zero-order chi connectivity index (χ0) is 20.5. The van der Waals surface area contributed by atoms with Gasteiger partial charge in [-0.2, -0.15) is 0 Å². The summed E-state index contributed by atoms with van der Waals surface area (Å²) in [5.74, 6) is -1.34. The summed E-state index contributed by atoms with van der Waals surface area (Å²) in [6.07, 6.45) is 1.80. The maximum Gasteiger partial charge on any atom is 0.312 e. The number of carbonyl (C=O) groups excluding carboxylic acids is 1. The molecular weight excluding hydrogens is 376 g/mol. The number of esters is 1. The number of carbonyl (C=O) groups is 1. The summed E-state index contributed by atoms with van der Waals surface area (Å²) in [5, 5.41) is 0. The van der Waals surface area contributed by atoms with Crippen molar-refractivity contribution in [2.24, 2.45) is 5.92 Å². The first-order chi connectivity index (χ1) is 14.0. The van der Waals surface area contributed by atoms with Gasteiger partial charge in [-0.25, -0.2) is 8.78 Å². The predicted molar refractivity (Wildman–Crippen MR) is 104 cm³/mol. The van der Waals surface area contributed by atoms with E-state index >= 15 is 0 Å². The second kappa shape index (κ2) is 8.20. The van der Waals surface area contributed by atoms with Gasteiger partial charge in [0.2, 0.25) is 0 Å². The van der Waals surface area contributed by atoms with E-state index in [9.17, 15) is 13.6 Å². The number of nitrogens with zero attached hydrogens (tertiary/aromatic N) is 1. The Hall–Kier alpha value is -2.31. The predicted octanol–water partition coefficient (Wildman–Crippen LogP) is 4.10. The largest absolute Gasteiger partial charge is 0.469 e. The monoisotopic (exact) mass is 401 g/mol. The van der Waals surface area contributed by atoms with Crippen LogP contribution in [-0.4, -0.2) is 43.2 Å². The van der Waals surface area contributed by atoms with E-state index in [1.54, 1.807) is 24.3 Å². The van der Waals surface area contributed by atoms with Gasteiger partial charge in [0.1, 0.15) is 17.7 Å². The Kier molecular flexibility index (Phi) is 5.65. The molecule has 4 nitrogen and oxygen atoms in total. The first-order valence-electron chi connectivity index (χ1n) is 9.94. The molecule has 4 atom stereocenters. The molecule has 2 aliphatic rings. The Morgan fingerprint density at radius 2 is 1.55 bits per heavy atom. The minimum Gasteiger partial charge on any atom is -0.469 e. The highest BCUT2D eigenvalue weighted by Crippen LogP contribution is 2.42. The molecule has 0 radical (unpaired) electrons. The van der Waals surface area contributed by atoms with Gasteiger partial charge < -0.3 is 9.47 Å². The fraction of sp³-hybridized carbons (Fsp3) is 0.435. The first kappa shape index (κ1) is 20.0. The molecule has 0 aromatic heterocycles. The summed E-state index contributed by atoms with van der Waals surface area (Å²) >= 11 is 0. The lowest BCUT2D eigenvalue weighted by atomic mass is 9.87. The molecule has 4 rings (SSSR count). The van der Waals surface area contributed by atoms with Gasteiger partial charge in [-0.05, 0) is 61.7 Å². The lowest BCUT2D eigenvalue weighted by Gasteiger charge is -2.42. The SMILES string of the molecule is COC(=O)[C@@H]1[C@@H](OC(c2ccc(F)cc2)c2ccc(F)cc2)CC2CC[C@@H]1N2C. The van der Waals surface area contributed by atoms with E-state index < -0.39 is 12.0 Å². The van der Waals surface area contributed by atoms with Crippen LogP contribution in [0, 0.1) is 17.6 Å². The van der Waals surface area contributed by atoms with E-state index in [1.807, 2.05) is 7.05 Å². The zero-order valence-electron chi connectivity index (χ0n) is 16.6. The van der Waals surface area contributed by atoms with E-state index in [4.69, 9.17) is 9.47 Å². The van der Waals surface area contributed by atoms with E-state index in [1.165, 1.54) is 31.4 Å². The van der Waals surface area contributed by atoms with Crippen LogP contribution >= 0.6 is 0 Å². The Labute approximate surface area is 169 Å². The van der Waals surface area contributed by atoms with Crippen LogP contribution in [0.5, 0.6) is 0 Å². The van der Waals surface area contributed by atoms with Crippen LogP contribution in [0.25, 0.3) is 0 Å². The van der Waals surface area contributed by atoms with Crippen LogP contribution in [0.3, 0.4) is 0 Å². The number of halogens is 2. The van der Waals surface area contributed by atoms with Crippen LogP contribution in [0.2, 0.25) is 0 Å². The molecular formula is C23H25F2NO3. The van der Waals surface area contributed by atoms with E-state index in [0.717, 1.165) is 24.0 Å². The molecule has 2 aromatic carbocycles. The van der Waals surface area contributed by atoms with Crippen molar-refractivity contribution >= 4 is 5.97 Å². The fourth-order valence-electron chi connectivity index (χ4n) is 4.81. The quantitative estimate of drug-likeness (QED) is 0.708. The fourth-order valence-corrected chi connectivity index (χ4v) is 4.81. The highest BCUT2D eigenvalue weighted by Gasteiger charge is 2.50. The van der Waals surface area contributed by atoms with Crippen LogP contribution in [0.1, 0.15) is 36.5 Å². The molecule has 0 saturated carbocycles. The summed E-state index contributed by atoms with van der Waals surface area (Å²) in [4.78, 5) is 14.9. The molecule has 2 saturated heterocycles. The standard InChI is InChI=1S/C23H25F2NO3/c1-26-18-11-12-19(26)21(23(27)28-2)20(13-18)29-22(14-3-7-16(24)8-4-14)15-5-9-17(25)10-6-15/h3-10,18-22H,11-13H2,1-2H3/t18?,19-,20-,21-/m0/s1. The second-order valence-corrected chi connectivity index (χ2v) is 7.91. The molecule has 0 N–H and O–H groups in total. The lowest BCUT2D eigenvalue weighted by Crippen LogP contribution is -2.53. The van der Waals surface area contributed by atoms with Crippen molar-refractivity contribution in [3.63, 3.8) is 0 Å². The maximum atomic E-state index is 13.5. The van der Waals surface area contributed by atoms with E-state index in [2.05, 4.69) is 4.90 Å². The Bertz CT molecular complexity index is 810. The number of ether oxygens (including phenoxy) is 2. The van der Waals surface area contributed by atoms with Crippen LogP contribution in [-0.2, 0) is 14.3 Å². The molecule has 2 aliphatic heterocycles. The van der Waals surface area contributed by atoms with Gasteiger partial charge in [0, 0.05) is 12.1 Å². The molecule has 0 amide bonds. The van der Waals surface area contributed by atoms with Gasteiger partial charge >= 0.3 is 5.97 Å². The van der Waals surface area contributed by atoms with Gasteiger partial charge in [-0.15, -0.1) is 0 Å². The van der Waals surface area contributed by atoms with Crippen molar-refractivity contribution < 1.29 is 23.0 Å². The van der Waals surface area contributed by atoms with Gasteiger partial charge in [-0.1, -0.05) is 24.3 Å². The third-order valence-electron chi connectivity index (χ3n) is 6.34. The first-order valence-corrected chi connectivity index (χ1v) is 9.94. The van der Waals surface area contributed by atoms with Gasteiger partial charge in [0.25, 0.3) is 0 Å². The minimum atomic E-state index is -0.531. The van der Waals surface area contributed by atoms with Crippen molar-refractivity contribution in [1.29, 1.82) is 0 Å². The number of hydrogen-bond donors (Lipinski definition) is 0. The summed E-state index contributed by atoms with van der Waals surface area (Å²) in [7, 11) is 3.45. The number of rotatable bonds is 5. The van der Waals surface area contributed by atoms with Crippen molar-refractivity contribution in [1.82, 2.24) is 4.90 Å². The number of hydrogen-bond acceptors (Lipinski definition) is 4. The molecule has 2 aromatic rings. The highest BCUT2D eigenvalue weighted by atomic mass is 19.1. The van der Waals surface area contributed by atoms with Crippen LogP contribution < -0.4 is 0 Å². The number of fused-ring (bicyclic) bond motifs is 2. The second-order valence-electron chi connectivity index (χ2n) is 7.91. The number of piperidine rings is 1. The molecule has 2 fully saturated rings. The molecule has 1 unspecified atom stereocenters. The lowest BCUT2D eigenvalue weighted by molar-refractivity contribution is -0.162. The maximum absolute atomic E-state index is 13.5. The van der Waals surface area contributed by atoms with Gasteiger partial charge in [0.05, 0.1) is 19.1 Å². The molecule has 2 bridgehead atoms. The van der Waals surface area contributed by atoms with Crippen molar-refractivity contribution in [3.05, 3.63) is 71.3 Å². The topological polar surface area (TPSA) is 38.8 Å². The molecule has 2 heterocycles. The van der Waals surface area contributed by atoms with Crippen molar-refractivity contribution in [3.8, 4) is 0 Å². The average Bonchev–Trinajstić information content (AvgIpc) is 2.96. The average molecular weight is 401 g/mol. The van der Waals surface area contributed by atoms with Gasteiger partial charge in [-0.3, -0.25) is 9.69 Å². The summed E-state index contributed by atoms with van der Waals surface area (Å²) in [5.41, 5.74) is 1.51. The van der Waals surface area contributed by atoms with Gasteiger partial charge in [0.15, 0.2) is 0 Å². The van der Waals surface area contributed by atoms with Crippen LogP contribution in [0.4, 0.5) is 8.78 Å². The summed E-state index contributed by atoms with van der Waals surface area (Å²) in [6.45, 7) is 0. The van der Waals surface area contributed by atoms with Crippen LogP contribution in [0.15, 0.2) is 48.5 Å². The normalized spacial score (nSPS) is 26.7. The van der Waals surface area contributed by atoms with Crippen molar-refractivity contribution in [2.75, 3.05) is 14.2 Å². The Morgan fingerprint density at radius 1 is 1.00 bits per heavy atom. The molecule has 29 heavy (non-hydrogen) atoms. The van der Waals surface area contributed by atoms with Crippen molar-refractivity contribution in [2.45, 2.75) is 43.6 Å². The van der Waals surface area contributed by atoms with E-state index in [-0.39, 0.29) is 29.7 Å². The minimum absolute atomic E-state index is 0.0771. The molecule has 154 valence electrons. The molecule has 6 heteroatoms. The highest BCUT2D eigenvalue weighted by molar-refractivity contribution is 5.74. The van der Waals surface area contributed by atoms with E-state index in [0.29, 0.717) is 12.5 Å². The zero-order valence-corrected chi connectivity index (χ0v) is 16.6. The Morgan fingerprint density at radius 3 is 2.07 bits per heavy atom. The number of benzene rings is 2.